The molecule has 1 amide bonds. The monoisotopic (exact) mass is 1090 g/mol. The lowest BCUT2D eigenvalue weighted by molar-refractivity contribution is -0.386. The molecule has 23 heteroatoms. The third kappa shape index (κ3) is 14.1. The first-order valence-electron chi connectivity index (χ1n) is 24.7. The Hall–Kier alpha value is -7.71. The van der Waals surface area contributed by atoms with E-state index in [1.165, 1.54) is 36.5 Å². The van der Waals surface area contributed by atoms with Gasteiger partial charge in [0.25, 0.3) is 19.9 Å². The number of nitrogens with zero attached hydrogens (tertiary/aromatic N) is 6. The number of ether oxygens (including phenoxy) is 7. The number of benzene rings is 5. The van der Waals surface area contributed by atoms with Crippen LogP contribution in [0.3, 0.4) is 0 Å². The average molecular weight is 1090 g/mol. The first kappa shape index (κ1) is 58.0. The number of methoxy groups -OCH3 is 2. The number of carbonyl (C=O) groups excluding carboxylic acids is 1. The zero-order valence-electron chi connectivity index (χ0n) is 43.7. The number of para-hydroxylation sites is 2. The van der Waals surface area contributed by atoms with Gasteiger partial charge in [-0.15, -0.1) is 0 Å². The molecule has 0 aliphatic carbocycles. The van der Waals surface area contributed by atoms with Crippen LogP contribution in [0.15, 0.2) is 144 Å². The van der Waals surface area contributed by atoms with Gasteiger partial charge in [-0.3, -0.25) is 30.1 Å². The fourth-order valence-electron chi connectivity index (χ4n) is 8.91. The van der Waals surface area contributed by atoms with Crippen molar-refractivity contribution in [3.05, 3.63) is 198 Å². The molecule has 5 aromatic carbocycles. The van der Waals surface area contributed by atoms with Gasteiger partial charge in [-0.1, -0.05) is 78.9 Å². The Labute approximate surface area is 451 Å². The Morgan fingerprint density at radius 2 is 1.35 bits per heavy atom. The topological polar surface area (TPSA) is 260 Å². The van der Waals surface area contributed by atoms with Crippen LogP contribution in [-0.4, -0.2) is 94.8 Å². The standard InChI is InChI=1S/C55H60N7O15P/c1-37(2)60(38(3)4)78(75-32-14-30-56)77-50-48(35-74-55(41-17-8-7-9-18-41,42-21-25-44(69-5)26-22-42)43-23-27-45(70-6)28-24-43)76-52(51(50)73-36-71-33-39-15-10-12-19-46(39)61(65)66)59-31-29-49(57-53(59)63)58-54(64)72-34-40-16-11-13-20-47(40)62(67)68/h7-13,15-29,31,37-38,48,50-52H,14,32-36H2,1-6H3,(H,57,58,63,64)/t48-,50-,51-,52-,78?/m1/s1. The van der Waals surface area contributed by atoms with E-state index in [4.69, 9.17) is 42.2 Å². The highest BCUT2D eigenvalue weighted by molar-refractivity contribution is 7.44. The molecule has 1 aliphatic heterocycles. The Balaban J connectivity index is 1.31. The van der Waals surface area contributed by atoms with Crippen LogP contribution in [0.5, 0.6) is 11.5 Å². The van der Waals surface area contributed by atoms with Crippen LogP contribution in [0.25, 0.3) is 0 Å². The second-order valence-electron chi connectivity index (χ2n) is 18.1. The van der Waals surface area contributed by atoms with Gasteiger partial charge in [0.15, 0.2) is 6.23 Å². The van der Waals surface area contributed by atoms with Gasteiger partial charge in [0.2, 0.25) is 0 Å². The van der Waals surface area contributed by atoms with Crippen molar-refractivity contribution in [3.63, 3.8) is 0 Å². The van der Waals surface area contributed by atoms with Crippen LogP contribution in [-0.2, 0) is 51.5 Å². The van der Waals surface area contributed by atoms with Crippen molar-refractivity contribution in [2.24, 2.45) is 0 Å². The second-order valence-corrected chi connectivity index (χ2v) is 19.5. The molecule has 0 bridgehead atoms. The number of amides is 1. The second kappa shape index (κ2) is 27.6. The number of nitro groups is 2. The van der Waals surface area contributed by atoms with Crippen LogP contribution in [0, 0.1) is 31.6 Å². The van der Waals surface area contributed by atoms with Crippen molar-refractivity contribution in [3.8, 4) is 17.6 Å². The summed E-state index contributed by atoms with van der Waals surface area (Å²) in [7, 11) is 1.10. The Bertz CT molecular complexity index is 3000. The van der Waals surface area contributed by atoms with Crippen LogP contribution in [0.1, 0.15) is 68.2 Å². The first-order valence-corrected chi connectivity index (χ1v) is 25.9. The fraction of sp³-hybridized carbons (Fsp3) is 0.345. The summed E-state index contributed by atoms with van der Waals surface area (Å²) < 4.78 is 60.0. The fourth-order valence-corrected chi connectivity index (χ4v) is 10.7. The highest BCUT2D eigenvalue weighted by Crippen LogP contribution is 2.51. The molecule has 2 heterocycles. The van der Waals surface area contributed by atoms with E-state index < -0.39 is 73.7 Å². The number of hydrogen-bond acceptors (Lipinski definition) is 18. The molecule has 1 N–H and O–H groups in total. The number of aromatic nitrogens is 2. The number of nitrogens with one attached hydrogen (secondary N) is 1. The first-order chi connectivity index (χ1) is 37.7. The molecule has 78 heavy (non-hydrogen) atoms. The van der Waals surface area contributed by atoms with Crippen LogP contribution in [0.4, 0.5) is 22.0 Å². The molecule has 0 spiro atoms. The van der Waals surface area contributed by atoms with E-state index >= 15 is 0 Å². The van der Waals surface area contributed by atoms with Gasteiger partial charge in [-0.2, -0.15) is 10.2 Å². The number of carbonyl (C=O) groups is 1. The quantitative estimate of drug-likeness (QED) is 0.0126. The number of rotatable bonds is 27. The van der Waals surface area contributed by atoms with Gasteiger partial charge in [0, 0.05) is 30.4 Å². The summed E-state index contributed by atoms with van der Waals surface area (Å²) in [5, 5.41) is 35.5. The summed E-state index contributed by atoms with van der Waals surface area (Å²) in [6, 6.07) is 39.5. The van der Waals surface area contributed by atoms with Crippen molar-refractivity contribution in [1.82, 2.24) is 14.2 Å². The molecule has 22 nitrogen and oxygen atoms in total. The minimum absolute atomic E-state index is 0.00931. The number of anilines is 1. The summed E-state index contributed by atoms with van der Waals surface area (Å²) in [5.74, 6) is 0.996. The minimum Gasteiger partial charge on any atom is -0.497 e. The van der Waals surface area contributed by atoms with Gasteiger partial charge in [-0.05, 0) is 86.8 Å². The summed E-state index contributed by atoms with van der Waals surface area (Å²) in [6.45, 7) is 6.50. The van der Waals surface area contributed by atoms with E-state index in [9.17, 15) is 35.1 Å². The highest BCUT2D eigenvalue weighted by atomic mass is 31.2. The van der Waals surface area contributed by atoms with Gasteiger partial charge < -0.3 is 42.2 Å². The molecule has 410 valence electrons. The average Bonchev–Trinajstić information content (AvgIpc) is 3.91. The van der Waals surface area contributed by atoms with E-state index in [-0.39, 0.29) is 66.6 Å². The zero-order valence-corrected chi connectivity index (χ0v) is 44.6. The zero-order chi connectivity index (χ0) is 55.8. The van der Waals surface area contributed by atoms with Crippen LogP contribution >= 0.6 is 8.53 Å². The number of nitriles is 1. The largest absolute Gasteiger partial charge is 0.497 e. The molecule has 1 unspecified atom stereocenters. The molecule has 1 saturated heterocycles. The smallest absolute Gasteiger partial charge is 0.413 e. The van der Waals surface area contributed by atoms with Crippen molar-refractivity contribution >= 4 is 31.8 Å². The number of nitro benzene ring substituents is 2. The molecule has 1 aliphatic rings. The minimum atomic E-state index is -2.04. The lowest BCUT2D eigenvalue weighted by Gasteiger charge is -2.39. The molecule has 6 aromatic rings. The van der Waals surface area contributed by atoms with Gasteiger partial charge in [0.1, 0.15) is 54.6 Å². The predicted octanol–water partition coefficient (Wildman–Crippen LogP) is 9.95. The lowest BCUT2D eigenvalue weighted by Crippen LogP contribution is -2.43. The molecular weight excluding hydrogens is 1030 g/mol. The third-order valence-corrected chi connectivity index (χ3v) is 14.6. The van der Waals surface area contributed by atoms with E-state index in [0.29, 0.717) is 22.6 Å². The van der Waals surface area contributed by atoms with Crippen molar-refractivity contribution < 1.29 is 56.8 Å². The molecule has 0 radical (unpaired) electrons. The van der Waals surface area contributed by atoms with E-state index in [1.54, 1.807) is 38.5 Å². The molecule has 7 rings (SSSR count). The Morgan fingerprint density at radius 1 is 0.795 bits per heavy atom. The predicted molar refractivity (Wildman–Crippen MR) is 285 cm³/mol. The maximum atomic E-state index is 14.3. The van der Waals surface area contributed by atoms with Crippen LogP contribution in [0.2, 0.25) is 0 Å². The van der Waals surface area contributed by atoms with Gasteiger partial charge in [-0.25, -0.2) is 14.3 Å². The van der Waals surface area contributed by atoms with Crippen molar-refractivity contribution in [2.45, 2.75) is 89.6 Å². The number of hydrogen-bond donors (Lipinski definition) is 1. The summed E-state index contributed by atoms with van der Waals surface area (Å²) in [5.41, 5.74) is -0.108. The van der Waals surface area contributed by atoms with E-state index in [1.807, 2.05) is 111 Å². The van der Waals surface area contributed by atoms with Crippen molar-refractivity contribution in [1.29, 1.82) is 5.26 Å². The SMILES string of the molecule is COc1ccc(C(OC[C@H]2O[C@@H](n3ccc(NC(=O)OCc4ccccc4[N+](=O)[O-])nc3=O)[C@H](OCOCc3ccccc3[N+](=O)[O-])[C@@H]2OP(OCCC#N)N(C(C)C)C(C)C)(c2ccccc2)c2ccc(OC)cc2)cc1. The van der Waals surface area contributed by atoms with E-state index in [0.717, 1.165) is 10.1 Å². The summed E-state index contributed by atoms with van der Waals surface area (Å²) >= 11 is 0. The van der Waals surface area contributed by atoms with Gasteiger partial charge >= 0.3 is 11.8 Å². The maximum absolute atomic E-state index is 14.3. The third-order valence-electron chi connectivity index (χ3n) is 12.5. The van der Waals surface area contributed by atoms with E-state index in [2.05, 4.69) is 16.4 Å². The molecule has 0 saturated carbocycles. The van der Waals surface area contributed by atoms with Crippen molar-refractivity contribution in [2.75, 3.05) is 39.5 Å². The normalized spacial score (nSPS) is 16.7. The molecule has 1 aromatic heterocycles. The summed E-state index contributed by atoms with van der Waals surface area (Å²) in [6.07, 6.45) is -4.57. The summed E-state index contributed by atoms with van der Waals surface area (Å²) in [4.78, 5) is 53.9. The molecule has 5 atom stereocenters. The Kier molecular flexibility index (Phi) is 20.5. The highest BCUT2D eigenvalue weighted by Gasteiger charge is 2.52. The molecular formula is C55H60N7O15P. The molecule has 1 fully saturated rings. The lowest BCUT2D eigenvalue weighted by atomic mass is 9.80. The van der Waals surface area contributed by atoms with Crippen LogP contribution < -0.4 is 20.5 Å². The maximum Gasteiger partial charge on any atom is 0.413 e. The van der Waals surface area contributed by atoms with Gasteiger partial charge in [0.05, 0.1) is 67.5 Å². The Morgan fingerprint density at radius 3 is 1.88 bits per heavy atom.